The number of rotatable bonds is 1. The highest BCUT2D eigenvalue weighted by atomic mass is 16.4. The predicted molar refractivity (Wildman–Crippen MR) is 64.4 cm³/mol. The fourth-order valence-electron chi connectivity index (χ4n) is 3.50. The lowest BCUT2D eigenvalue weighted by Gasteiger charge is -2.25. The number of hydrogen-bond donors (Lipinski definition) is 1. The monoisotopic (exact) mass is 241 g/mol. The van der Waals surface area contributed by atoms with Gasteiger partial charge in [-0.15, -0.1) is 0 Å². The van der Waals surface area contributed by atoms with Gasteiger partial charge in [-0.05, 0) is 30.0 Å². The zero-order valence-corrected chi connectivity index (χ0v) is 9.64. The minimum absolute atomic E-state index is 0.0684. The zero-order chi connectivity index (χ0) is 12.5. The first-order valence-corrected chi connectivity index (χ1v) is 6.08. The van der Waals surface area contributed by atoms with Crippen LogP contribution in [0.25, 0.3) is 0 Å². The van der Waals surface area contributed by atoms with Gasteiger partial charge < -0.3 is 5.11 Å². The van der Waals surface area contributed by atoms with E-state index in [1.54, 1.807) is 12.1 Å². The molecule has 4 nitrogen and oxygen atoms in total. The van der Waals surface area contributed by atoms with Gasteiger partial charge in [-0.2, -0.15) is 0 Å². The summed E-state index contributed by atoms with van der Waals surface area (Å²) in [4.78, 5) is 27.6. The molecule has 2 atom stereocenters. The van der Waals surface area contributed by atoms with Crippen LogP contribution >= 0.6 is 0 Å². The van der Waals surface area contributed by atoms with Gasteiger partial charge in [0.15, 0.2) is 5.78 Å². The zero-order valence-electron chi connectivity index (χ0n) is 9.64. The lowest BCUT2D eigenvalue weighted by Crippen LogP contribution is -2.31. The summed E-state index contributed by atoms with van der Waals surface area (Å²) >= 11 is 0. The Kier molecular flexibility index (Phi) is 1.60. The Bertz CT molecular complexity index is 646. The Morgan fingerprint density at radius 1 is 1.44 bits per heavy atom. The second-order valence-electron chi connectivity index (χ2n) is 5.33. The number of carbonyl (C=O) groups excluding carboxylic acids is 1. The number of nitrogens with zero attached hydrogens (tertiary/aromatic N) is 1. The quantitative estimate of drug-likeness (QED) is 0.813. The van der Waals surface area contributed by atoms with E-state index in [-0.39, 0.29) is 16.8 Å². The molecule has 0 bridgehead atoms. The second-order valence-corrected chi connectivity index (χ2v) is 5.33. The fraction of sp³-hybridized carbons (Fsp3) is 0.357. The standard InChI is InChI=1S/C14H11NO3/c16-11-4-12-14(5-8(14)6-15-12)10-3-7(13(17)18)1-2-9(10)11/h1-3,8H,4-6H2,(H,17,18). The normalized spacial score (nSPS) is 31.2. The summed E-state index contributed by atoms with van der Waals surface area (Å²) in [5.41, 5.74) is 2.75. The number of carboxylic acids is 1. The maximum Gasteiger partial charge on any atom is 0.335 e. The number of carboxylic acid groups (broad SMARTS) is 1. The first-order valence-electron chi connectivity index (χ1n) is 6.08. The number of ketones is 1. The van der Waals surface area contributed by atoms with Gasteiger partial charge in [0, 0.05) is 29.7 Å². The van der Waals surface area contributed by atoms with Crippen molar-refractivity contribution in [3.05, 3.63) is 34.9 Å². The molecule has 0 radical (unpaired) electrons. The summed E-state index contributed by atoms with van der Waals surface area (Å²) in [6.07, 6.45) is 1.44. The maximum absolute atomic E-state index is 12.0. The summed E-state index contributed by atoms with van der Waals surface area (Å²) < 4.78 is 0. The highest BCUT2D eigenvalue weighted by molar-refractivity contribution is 6.20. The number of aliphatic imine (C=N–C) groups is 1. The van der Waals surface area contributed by atoms with Crippen molar-refractivity contribution < 1.29 is 14.7 Å². The van der Waals surface area contributed by atoms with E-state index in [2.05, 4.69) is 4.99 Å². The molecule has 1 fully saturated rings. The molecule has 2 unspecified atom stereocenters. The smallest absolute Gasteiger partial charge is 0.335 e. The fourth-order valence-corrected chi connectivity index (χ4v) is 3.50. The van der Waals surface area contributed by atoms with Gasteiger partial charge in [0.1, 0.15) is 0 Å². The third kappa shape index (κ3) is 0.991. The van der Waals surface area contributed by atoms with Crippen molar-refractivity contribution in [2.24, 2.45) is 10.9 Å². The van der Waals surface area contributed by atoms with Gasteiger partial charge >= 0.3 is 5.97 Å². The Labute approximate surface area is 103 Å². The van der Waals surface area contributed by atoms with E-state index in [4.69, 9.17) is 5.11 Å². The molecule has 1 N–H and O–H groups in total. The van der Waals surface area contributed by atoms with Gasteiger partial charge in [0.05, 0.1) is 5.56 Å². The van der Waals surface area contributed by atoms with Gasteiger partial charge in [-0.1, -0.05) is 6.07 Å². The molecular formula is C14H11NO3. The SMILES string of the molecule is O=C(O)c1ccc2c(c1)C13CC1CN=C3CC2=O. The van der Waals surface area contributed by atoms with Crippen LogP contribution in [0.3, 0.4) is 0 Å². The second kappa shape index (κ2) is 2.88. The number of carbonyl (C=O) groups is 2. The molecular weight excluding hydrogens is 230 g/mol. The van der Waals surface area contributed by atoms with Crippen molar-refractivity contribution in [1.29, 1.82) is 0 Å². The van der Waals surface area contributed by atoms with Crippen LogP contribution in [-0.4, -0.2) is 29.1 Å². The third-order valence-corrected chi connectivity index (χ3v) is 4.50. The lowest BCUT2D eigenvalue weighted by molar-refractivity contribution is 0.0696. The van der Waals surface area contributed by atoms with Gasteiger partial charge in [-0.3, -0.25) is 9.79 Å². The molecule has 2 aliphatic carbocycles. The van der Waals surface area contributed by atoms with Crippen molar-refractivity contribution in [3.63, 3.8) is 0 Å². The van der Waals surface area contributed by atoms with Crippen molar-refractivity contribution in [1.82, 2.24) is 0 Å². The molecule has 1 heterocycles. The van der Waals surface area contributed by atoms with E-state index in [0.29, 0.717) is 17.9 Å². The molecule has 0 amide bonds. The highest BCUT2D eigenvalue weighted by Gasteiger charge is 2.64. The van der Waals surface area contributed by atoms with Crippen LogP contribution in [0, 0.1) is 5.92 Å². The Balaban J connectivity index is 1.97. The molecule has 1 aromatic carbocycles. The summed E-state index contributed by atoms with van der Waals surface area (Å²) in [5.74, 6) is -0.386. The molecule has 4 heteroatoms. The largest absolute Gasteiger partial charge is 0.478 e. The minimum atomic E-state index is -0.944. The molecule has 3 aliphatic rings. The average Bonchev–Trinajstić information content (AvgIpc) is 2.98. The predicted octanol–water partition coefficient (Wildman–Crippen LogP) is 1.68. The summed E-state index contributed by atoms with van der Waals surface area (Å²) in [6, 6.07) is 4.86. The average molecular weight is 241 g/mol. The van der Waals surface area contributed by atoms with Crippen LogP contribution in [0.5, 0.6) is 0 Å². The van der Waals surface area contributed by atoms with Gasteiger partial charge in [0.25, 0.3) is 0 Å². The highest BCUT2D eigenvalue weighted by Crippen LogP contribution is 2.61. The van der Waals surface area contributed by atoms with E-state index < -0.39 is 5.97 Å². The molecule has 0 saturated heterocycles. The van der Waals surface area contributed by atoms with Crippen LogP contribution in [0.2, 0.25) is 0 Å². The minimum Gasteiger partial charge on any atom is -0.478 e. The Morgan fingerprint density at radius 2 is 2.28 bits per heavy atom. The molecule has 1 aromatic rings. The Hall–Kier alpha value is -1.97. The number of fused-ring (bicyclic) bond motifs is 1. The first kappa shape index (κ1) is 10.00. The van der Waals surface area contributed by atoms with Gasteiger partial charge in [0.2, 0.25) is 0 Å². The Morgan fingerprint density at radius 3 is 3.00 bits per heavy atom. The van der Waals surface area contributed by atoms with Crippen LogP contribution < -0.4 is 0 Å². The van der Waals surface area contributed by atoms with Crippen molar-refractivity contribution >= 4 is 17.5 Å². The van der Waals surface area contributed by atoms with Crippen molar-refractivity contribution in [3.8, 4) is 0 Å². The molecule has 90 valence electrons. The van der Waals surface area contributed by atoms with Crippen LogP contribution in [0.4, 0.5) is 0 Å². The lowest BCUT2D eigenvalue weighted by atomic mass is 9.77. The number of Topliss-reactive ketones (excluding diaryl/α,β-unsaturated/α-hetero) is 1. The first-order chi connectivity index (χ1) is 8.63. The van der Waals surface area contributed by atoms with Crippen molar-refractivity contribution in [2.75, 3.05) is 6.54 Å². The summed E-state index contributed by atoms with van der Waals surface area (Å²) in [6.45, 7) is 0.791. The van der Waals surface area contributed by atoms with Crippen LogP contribution in [-0.2, 0) is 5.41 Å². The molecule has 18 heavy (non-hydrogen) atoms. The van der Waals surface area contributed by atoms with Crippen LogP contribution in [0.1, 0.15) is 39.1 Å². The van der Waals surface area contributed by atoms with Gasteiger partial charge in [-0.25, -0.2) is 4.79 Å². The maximum atomic E-state index is 12.0. The number of hydrogen-bond acceptors (Lipinski definition) is 3. The van der Waals surface area contributed by atoms with Crippen LogP contribution in [0.15, 0.2) is 23.2 Å². The van der Waals surface area contributed by atoms with E-state index >= 15 is 0 Å². The molecule has 0 aromatic heterocycles. The number of benzene rings is 1. The molecule has 1 aliphatic heterocycles. The van der Waals surface area contributed by atoms with E-state index in [1.165, 1.54) is 6.07 Å². The molecule has 1 spiro atoms. The topological polar surface area (TPSA) is 66.7 Å². The summed E-state index contributed by atoms with van der Waals surface area (Å²) in [7, 11) is 0. The van der Waals surface area contributed by atoms with E-state index in [9.17, 15) is 9.59 Å². The van der Waals surface area contributed by atoms with E-state index in [0.717, 1.165) is 24.2 Å². The van der Waals surface area contributed by atoms with Crippen molar-refractivity contribution in [2.45, 2.75) is 18.3 Å². The molecule has 4 rings (SSSR count). The number of aromatic carboxylic acids is 1. The van der Waals surface area contributed by atoms with E-state index in [1.807, 2.05) is 0 Å². The third-order valence-electron chi connectivity index (χ3n) is 4.50. The molecule has 1 saturated carbocycles. The summed E-state index contributed by atoms with van der Waals surface area (Å²) in [5, 5.41) is 9.08.